The van der Waals surface area contributed by atoms with Crippen LogP contribution in [-0.4, -0.2) is 20.5 Å². The van der Waals surface area contributed by atoms with E-state index < -0.39 is 10.0 Å². The van der Waals surface area contributed by atoms with Gasteiger partial charge in [0.15, 0.2) is 0 Å². The van der Waals surface area contributed by atoms with Gasteiger partial charge in [0.2, 0.25) is 10.0 Å². The minimum absolute atomic E-state index is 0.105. The summed E-state index contributed by atoms with van der Waals surface area (Å²) in [4.78, 5) is 0. The van der Waals surface area contributed by atoms with E-state index in [2.05, 4.69) is 23.9 Å². The van der Waals surface area contributed by atoms with E-state index in [1.54, 1.807) is 6.07 Å². The summed E-state index contributed by atoms with van der Waals surface area (Å²) in [5.74, 6) is 0. The second-order valence-electron chi connectivity index (χ2n) is 6.52. The molecular weight excluding hydrogens is 292 g/mol. The Balaban J connectivity index is 2.78. The second kappa shape index (κ2) is 6.56. The molecule has 0 aliphatic rings. The van der Waals surface area contributed by atoms with Crippen LogP contribution in [0.5, 0.6) is 0 Å². The summed E-state index contributed by atoms with van der Waals surface area (Å²) >= 11 is 1.27. The Morgan fingerprint density at radius 2 is 1.85 bits per heavy atom. The molecule has 0 bridgehead atoms. The molecule has 0 aromatic carbocycles. The molecule has 2 N–H and O–H groups in total. The van der Waals surface area contributed by atoms with Crippen molar-refractivity contribution in [2.75, 3.05) is 0 Å². The fourth-order valence-corrected chi connectivity index (χ4v) is 4.05. The molecule has 20 heavy (non-hydrogen) atoms. The first-order chi connectivity index (χ1) is 9.02. The van der Waals surface area contributed by atoms with Gasteiger partial charge >= 0.3 is 0 Å². The quantitative estimate of drug-likeness (QED) is 0.848. The zero-order chi connectivity index (χ0) is 15.6. The lowest BCUT2D eigenvalue weighted by molar-refractivity contribution is 0.318. The van der Waals surface area contributed by atoms with Gasteiger partial charge in [0.05, 0.1) is 0 Å². The average molecular weight is 319 g/mol. The monoisotopic (exact) mass is 318 g/mol. The first-order valence-corrected chi connectivity index (χ1v) is 9.22. The highest BCUT2D eigenvalue weighted by atomic mass is 32.2. The summed E-state index contributed by atoms with van der Waals surface area (Å²) in [5.41, 5.74) is 0.902. The molecule has 0 saturated heterocycles. The third kappa shape index (κ3) is 5.16. The van der Waals surface area contributed by atoms with Crippen LogP contribution in [0.3, 0.4) is 0 Å². The van der Waals surface area contributed by atoms with Crippen LogP contribution in [0.15, 0.2) is 15.7 Å². The number of rotatable bonds is 6. The third-order valence-corrected chi connectivity index (χ3v) is 6.27. The molecule has 1 atom stereocenters. The minimum Gasteiger partial charge on any atom is -0.310 e. The largest absolute Gasteiger partial charge is 0.310 e. The Morgan fingerprint density at radius 1 is 1.25 bits per heavy atom. The molecule has 1 heterocycles. The lowest BCUT2D eigenvalue weighted by atomic mass is 9.89. The Kier molecular flexibility index (Phi) is 5.78. The third-order valence-electron chi connectivity index (χ3n) is 3.24. The van der Waals surface area contributed by atoms with E-state index in [1.807, 2.05) is 33.1 Å². The predicted octanol–water partition coefficient (Wildman–Crippen LogP) is 2.96. The molecule has 0 spiro atoms. The van der Waals surface area contributed by atoms with Crippen LogP contribution in [0.4, 0.5) is 0 Å². The zero-order valence-corrected chi connectivity index (χ0v) is 14.8. The van der Waals surface area contributed by atoms with E-state index in [9.17, 15) is 8.42 Å². The predicted molar refractivity (Wildman–Crippen MR) is 85.5 cm³/mol. The van der Waals surface area contributed by atoms with Crippen molar-refractivity contribution in [2.45, 2.75) is 64.4 Å². The van der Waals surface area contributed by atoms with Gasteiger partial charge in [-0.3, -0.25) is 0 Å². The molecule has 0 aliphatic carbocycles. The second-order valence-corrected chi connectivity index (χ2v) is 9.37. The Labute approximate surface area is 127 Å². The molecule has 1 unspecified atom stereocenters. The average Bonchev–Trinajstić information content (AvgIpc) is 2.73. The molecule has 6 heteroatoms. The van der Waals surface area contributed by atoms with Crippen molar-refractivity contribution in [3.63, 3.8) is 0 Å². The topological polar surface area (TPSA) is 58.2 Å². The van der Waals surface area contributed by atoms with Gasteiger partial charge < -0.3 is 5.32 Å². The summed E-state index contributed by atoms with van der Waals surface area (Å²) in [6.45, 7) is 12.8. The molecule has 4 nitrogen and oxygen atoms in total. The van der Waals surface area contributed by atoms with E-state index >= 15 is 0 Å². The lowest BCUT2D eigenvalue weighted by Gasteiger charge is -2.27. The first kappa shape index (κ1) is 17.6. The highest BCUT2D eigenvalue weighted by molar-refractivity contribution is 7.91. The van der Waals surface area contributed by atoms with Crippen LogP contribution in [0.1, 0.15) is 47.1 Å². The van der Waals surface area contributed by atoms with Gasteiger partial charge in [-0.15, -0.1) is 11.3 Å². The number of thiophene rings is 1. The van der Waals surface area contributed by atoms with Crippen LogP contribution in [0, 0.1) is 5.41 Å². The fourth-order valence-electron chi connectivity index (χ4n) is 1.38. The smallest absolute Gasteiger partial charge is 0.250 e. The summed E-state index contributed by atoms with van der Waals surface area (Å²) in [6.07, 6.45) is 0. The van der Waals surface area contributed by atoms with Gasteiger partial charge in [-0.1, -0.05) is 34.6 Å². The number of hydrogen-bond acceptors (Lipinski definition) is 4. The van der Waals surface area contributed by atoms with E-state index in [1.165, 1.54) is 11.3 Å². The van der Waals surface area contributed by atoms with E-state index in [4.69, 9.17) is 0 Å². The van der Waals surface area contributed by atoms with Gasteiger partial charge in [-0.25, -0.2) is 13.1 Å². The summed E-state index contributed by atoms with van der Waals surface area (Å²) in [6, 6.07) is 2.01. The molecular formula is C14H26N2O2S2. The molecule has 0 aliphatic heterocycles. The molecule has 1 aromatic rings. The summed E-state index contributed by atoms with van der Waals surface area (Å²) < 4.78 is 27.8. The minimum atomic E-state index is -3.42. The van der Waals surface area contributed by atoms with Crippen LogP contribution in [0.25, 0.3) is 0 Å². The van der Waals surface area contributed by atoms with Crippen molar-refractivity contribution in [3.8, 4) is 0 Å². The Bertz CT molecular complexity index is 528. The molecule has 0 radical (unpaired) electrons. The van der Waals surface area contributed by atoms with E-state index in [-0.39, 0.29) is 11.5 Å². The maximum atomic E-state index is 12.3. The molecule has 0 amide bonds. The number of nitrogens with one attached hydrogen (secondary N) is 2. The zero-order valence-electron chi connectivity index (χ0n) is 13.1. The summed E-state index contributed by atoms with van der Waals surface area (Å²) in [7, 11) is -3.42. The van der Waals surface area contributed by atoms with Crippen LogP contribution in [-0.2, 0) is 16.6 Å². The van der Waals surface area contributed by atoms with Crippen LogP contribution >= 0.6 is 11.3 Å². The van der Waals surface area contributed by atoms with Crippen molar-refractivity contribution in [3.05, 3.63) is 17.0 Å². The van der Waals surface area contributed by atoms with E-state index in [0.29, 0.717) is 16.8 Å². The van der Waals surface area contributed by atoms with Crippen molar-refractivity contribution < 1.29 is 8.42 Å². The van der Waals surface area contributed by atoms with Gasteiger partial charge in [0.1, 0.15) is 4.21 Å². The van der Waals surface area contributed by atoms with E-state index in [0.717, 1.165) is 5.56 Å². The highest BCUT2D eigenvalue weighted by Gasteiger charge is 2.26. The van der Waals surface area contributed by atoms with Crippen LogP contribution < -0.4 is 10.0 Å². The van der Waals surface area contributed by atoms with Gasteiger partial charge in [0, 0.05) is 18.6 Å². The fraction of sp³-hybridized carbons (Fsp3) is 0.714. The van der Waals surface area contributed by atoms with Crippen molar-refractivity contribution >= 4 is 21.4 Å². The molecule has 1 rings (SSSR count). The molecule has 0 fully saturated rings. The maximum Gasteiger partial charge on any atom is 0.250 e. The van der Waals surface area contributed by atoms with Crippen molar-refractivity contribution in [1.82, 2.24) is 10.0 Å². The standard InChI is InChI=1S/C14H26N2O2S2/c1-10(2)15-8-12-7-13(19-9-12)20(17,18)16-11(3)14(4,5)6/h7,9-11,15-16H,8H2,1-6H3. The molecule has 0 saturated carbocycles. The maximum absolute atomic E-state index is 12.3. The van der Waals surface area contributed by atoms with Gasteiger partial charge in [-0.05, 0) is 29.3 Å². The van der Waals surface area contributed by atoms with Gasteiger partial charge in [-0.2, -0.15) is 0 Å². The molecule has 1 aromatic heterocycles. The normalized spacial score (nSPS) is 14.8. The summed E-state index contributed by atoms with van der Waals surface area (Å²) in [5, 5.41) is 5.18. The van der Waals surface area contributed by atoms with Crippen LogP contribution in [0.2, 0.25) is 0 Å². The Morgan fingerprint density at radius 3 is 2.35 bits per heavy atom. The highest BCUT2D eigenvalue weighted by Crippen LogP contribution is 2.24. The lowest BCUT2D eigenvalue weighted by Crippen LogP contribution is -2.41. The van der Waals surface area contributed by atoms with Gasteiger partial charge in [0.25, 0.3) is 0 Å². The Hall–Kier alpha value is -0.430. The SMILES string of the molecule is CC(C)NCc1csc(S(=O)(=O)NC(C)C(C)(C)C)c1. The number of sulfonamides is 1. The molecule has 116 valence electrons. The first-order valence-electron chi connectivity index (χ1n) is 6.85. The van der Waals surface area contributed by atoms with Crippen molar-refractivity contribution in [1.29, 1.82) is 0 Å². The number of hydrogen-bond donors (Lipinski definition) is 2. The van der Waals surface area contributed by atoms with Crippen molar-refractivity contribution in [2.24, 2.45) is 5.41 Å².